The van der Waals surface area contributed by atoms with Crippen molar-refractivity contribution in [3.05, 3.63) is 12.7 Å². The fourth-order valence-corrected chi connectivity index (χ4v) is 2.40. The van der Waals surface area contributed by atoms with Gasteiger partial charge in [-0.25, -0.2) is 0 Å². The van der Waals surface area contributed by atoms with Crippen LogP contribution in [0.3, 0.4) is 0 Å². The second-order valence-electron chi connectivity index (χ2n) is 4.15. The number of piperidine rings is 1. The molecule has 0 spiro atoms. The molecule has 13 heavy (non-hydrogen) atoms. The van der Waals surface area contributed by atoms with Crippen molar-refractivity contribution in [2.45, 2.75) is 31.8 Å². The van der Waals surface area contributed by atoms with Gasteiger partial charge in [0.25, 0.3) is 0 Å². The predicted octanol–water partition coefficient (Wildman–Crippen LogP) is 1.69. The van der Waals surface area contributed by atoms with Crippen molar-refractivity contribution in [2.75, 3.05) is 26.2 Å². The maximum Gasteiger partial charge on any atom is 0.0625 e. The van der Waals surface area contributed by atoms with Crippen LogP contribution in [0.4, 0.5) is 0 Å². The van der Waals surface area contributed by atoms with E-state index in [4.69, 9.17) is 0 Å². The molecule has 2 nitrogen and oxygen atoms in total. The average Bonchev–Trinajstić information content (AvgIpc) is 2.05. The van der Waals surface area contributed by atoms with E-state index in [1.165, 1.54) is 45.3 Å². The monoisotopic (exact) mass is 180 g/mol. The molecule has 0 radical (unpaired) electrons. The van der Waals surface area contributed by atoms with Crippen molar-refractivity contribution in [2.24, 2.45) is 0 Å². The van der Waals surface area contributed by atoms with E-state index in [-0.39, 0.29) is 0 Å². The van der Waals surface area contributed by atoms with Crippen molar-refractivity contribution in [1.82, 2.24) is 9.80 Å². The SMILES string of the molecule is C=CCN1CCCCC1N1CCC1. The molecule has 1 unspecified atom stereocenters. The third-order valence-electron chi connectivity index (χ3n) is 3.25. The fourth-order valence-electron chi connectivity index (χ4n) is 2.40. The summed E-state index contributed by atoms with van der Waals surface area (Å²) in [5.74, 6) is 0. The van der Waals surface area contributed by atoms with Gasteiger partial charge < -0.3 is 0 Å². The first kappa shape index (κ1) is 9.22. The molecule has 0 aromatic rings. The zero-order valence-corrected chi connectivity index (χ0v) is 8.41. The minimum absolute atomic E-state index is 0.737. The van der Waals surface area contributed by atoms with E-state index in [9.17, 15) is 0 Å². The van der Waals surface area contributed by atoms with Crippen LogP contribution in [0.5, 0.6) is 0 Å². The Labute approximate surface area is 81.2 Å². The highest BCUT2D eigenvalue weighted by molar-refractivity contribution is 4.85. The van der Waals surface area contributed by atoms with Crippen LogP contribution >= 0.6 is 0 Å². The third-order valence-corrected chi connectivity index (χ3v) is 3.25. The Morgan fingerprint density at radius 2 is 2.00 bits per heavy atom. The van der Waals surface area contributed by atoms with Gasteiger partial charge in [-0.1, -0.05) is 6.08 Å². The Kier molecular flexibility index (Phi) is 3.01. The first-order valence-electron chi connectivity index (χ1n) is 5.51. The van der Waals surface area contributed by atoms with Crippen LogP contribution in [0, 0.1) is 0 Å². The molecule has 0 saturated carbocycles. The van der Waals surface area contributed by atoms with Crippen molar-refractivity contribution in [3.8, 4) is 0 Å². The minimum atomic E-state index is 0.737. The van der Waals surface area contributed by atoms with Crippen LogP contribution in [0.2, 0.25) is 0 Å². The second-order valence-corrected chi connectivity index (χ2v) is 4.15. The standard InChI is InChI=1S/C11H20N2/c1-2-7-12-8-4-3-6-11(12)13-9-5-10-13/h2,11H,1,3-10H2. The summed E-state index contributed by atoms with van der Waals surface area (Å²) in [6.45, 7) is 8.81. The summed E-state index contributed by atoms with van der Waals surface area (Å²) >= 11 is 0. The van der Waals surface area contributed by atoms with Crippen LogP contribution in [0.25, 0.3) is 0 Å². The van der Waals surface area contributed by atoms with Gasteiger partial charge in [-0.3, -0.25) is 9.80 Å². The fraction of sp³-hybridized carbons (Fsp3) is 0.818. The Morgan fingerprint density at radius 3 is 2.62 bits per heavy atom. The molecule has 74 valence electrons. The van der Waals surface area contributed by atoms with Gasteiger partial charge in [-0.15, -0.1) is 6.58 Å². The molecule has 0 bridgehead atoms. The lowest BCUT2D eigenvalue weighted by Gasteiger charge is -2.46. The molecule has 2 aliphatic heterocycles. The smallest absolute Gasteiger partial charge is 0.0625 e. The Balaban J connectivity index is 1.90. The summed E-state index contributed by atoms with van der Waals surface area (Å²) < 4.78 is 0. The van der Waals surface area contributed by atoms with E-state index < -0.39 is 0 Å². The molecule has 0 aromatic carbocycles. The van der Waals surface area contributed by atoms with Gasteiger partial charge in [0.2, 0.25) is 0 Å². The number of rotatable bonds is 3. The predicted molar refractivity (Wildman–Crippen MR) is 55.6 cm³/mol. The largest absolute Gasteiger partial charge is 0.288 e. The summed E-state index contributed by atoms with van der Waals surface area (Å²) in [5.41, 5.74) is 0. The molecule has 1 atom stereocenters. The summed E-state index contributed by atoms with van der Waals surface area (Å²) in [6.07, 6.45) is 8.33. The lowest BCUT2D eigenvalue weighted by Crippen LogP contribution is -2.55. The Morgan fingerprint density at radius 1 is 1.15 bits per heavy atom. The first-order chi connectivity index (χ1) is 6.42. The van der Waals surface area contributed by atoms with Crippen molar-refractivity contribution < 1.29 is 0 Å². The van der Waals surface area contributed by atoms with Crippen molar-refractivity contribution >= 4 is 0 Å². The van der Waals surface area contributed by atoms with Crippen LogP contribution < -0.4 is 0 Å². The molecule has 2 heteroatoms. The Bertz CT molecular complexity index is 175. The Hall–Kier alpha value is -0.340. The van der Waals surface area contributed by atoms with Crippen LogP contribution in [0.15, 0.2) is 12.7 Å². The summed E-state index contributed by atoms with van der Waals surface area (Å²) in [7, 11) is 0. The van der Waals surface area contributed by atoms with Crippen molar-refractivity contribution in [1.29, 1.82) is 0 Å². The first-order valence-corrected chi connectivity index (χ1v) is 5.51. The maximum atomic E-state index is 3.83. The minimum Gasteiger partial charge on any atom is -0.288 e. The molecule has 0 aliphatic carbocycles. The third kappa shape index (κ3) is 1.94. The molecule has 2 fully saturated rings. The van der Waals surface area contributed by atoms with Gasteiger partial charge in [-0.05, 0) is 32.2 Å². The molecule has 2 saturated heterocycles. The quantitative estimate of drug-likeness (QED) is 0.610. The van der Waals surface area contributed by atoms with Gasteiger partial charge in [-0.2, -0.15) is 0 Å². The number of likely N-dealkylation sites (tertiary alicyclic amines) is 2. The van der Waals surface area contributed by atoms with E-state index in [0.717, 1.165) is 12.7 Å². The van der Waals surface area contributed by atoms with Gasteiger partial charge in [0, 0.05) is 19.6 Å². The van der Waals surface area contributed by atoms with Crippen LogP contribution in [-0.2, 0) is 0 Å². The lowest BCUT2D eigenvalue weighted by atomic mass is 10.0. The molecule has 2 aliphatic rings. The van der Waals surface area contributed by atoms with Gasteiger partial charge >= 0.3 is 0 Å². The zero-order valence-electron chi connectivity index (χ0n) is 8.41. The summed E-state index contributed by atoms with van der Waals surface area (Å²) in [5, 5.41) is 0. The van der Waals surface area contributed by atoms with Gasteiger partial charge in [0.1, 0.15) is 0 Å². The number of hydrogen-bond donors (Lipinski definition) is 0. The topological polar surface area (TPSA) is 6.48 Å². The van der Waals surface area contributed by atoms with Gasteiger partial charge in [0.15, 0.2) is 0 Å². The molecule has 2 rings (SSSR count). The van der Waals surface area contributed by atoms with Crippen LogP contribution in [0.1, 0.15) is 25.7 Å². The normalized spacial score (nSPS) is 31.2. The molecule has 0 amide bonds. The van der Waals surface area contributed by atoms with E-state index in [1.807, 2.05) is 6.08 Å². The zero-order chi connectivity index (χ0) is 9.10. The van der Waals surface area contributed by atoms with E-state index in [1.54, 1.807) is 0 Å². The van der Waals surface area contributed by atoms with E-state index in [2.05, 4.69) is 16.4 Å². The highest BCUT2D eigenvalue weighted by Crippen LogP contribution is 2.23. The average molecular weight is 180 g/mol. The van der Waals surface area contributed by atoms with E-state index >= 15 is 0 Å². The molecule has 0 N–H and O–H groups in total. The van der Waals surface area contributed by atoms with Crippen LogP contribution in [-0.4, -0.2) is 42.1 Å². The summed E-state index contributed by atoms with van der Waals surface area (Å²) in [4.78, 5) is 5.19. The number of nitrogens with zero attached hydrogens (tertiary/aromatic N) is 2. The molecule has 0 aromatic heterocycles. The highest BCUT2D eigenvalue weighted by Gasteiger charge is 2.29. The molecular formula is C11H20N2. The van der Waals surface area contributed by atoms with Gasteiger partial charge in [0.05, 0.1) is 6.17 Å². The maximum absolute atomic E-state index is 3.83. The second kappa shape index (κ2) is 4.25. The van der Waals surface area contributed by atoms with Crippen molar-refractivity contribution in [3.63, 3.8) is 0 Å². The summed E-state index contributed by atoms with van der Waals surface area (Å²) in [6, 6.07) is 0. The highest BCUT2D eigenvalue weighted by atomic mass is 15.4. The number of hydrogen-bond acceptors (Lipinski definition) is 2. The molecular weight excluding hydrogens is 160 g/mol. The lowest BCUT2D eigenvalue weighted by molar-refractivity contribution is -0.0148. The molecule has 2 heterocycles. The van der Waals surface area contributed by atoms with E-state index in [0.29, 0.717) is 0 Å².